The van der Waals surface area contributed by atoms with Crippen molar-refractivity contribution >= 4 is 7.32 Å². The molecule has 0 rings (SSSR count). The first-order valence-corrected chi connectivity index (χ1v) is 8.37. The first-order chi connectivity index (χ1) is 10.8. The summed E-state index contributed by atoms with van der Waals surface area (Å²) in [6.45, 7) is 0.456. The number of halogens is 3. The number of rotatable bonds is 18. The van der Waals surface area contributed by atoms with Gasteiger partial charge in [-0.15, -0.1) is 0 Å². The molecular weight excluding hydrogens is 296 g/mol. The predicted octanol–water partition coefficient (Wildman–Crippen LogP) is 4.44. The molecule has 3 nitrogen and oxygen atoms in total. The molecule has 22 heavy (non-hydrogen) atoms. The summed E-state index contributed by atoms with van der Waals surface area (Å²) in [6, 6.07) is 0. The van der Waals surface area contributed by atoms with Gasteiger partial charge in [-0.1, -0.05) is 0 Å². The smallest absolute Gasteiger partial charge is 0.386 e. The summed E-state index contributed by atoms with van der Waals surface area (Å²) in [4.78, 5) is 0. The fourth-order valence-electron chi connectivity index (χ4n) is 1.80. The highest BCUT2D eigenvalue weighted by Gasteiger charge is 2.20. The molecule has 0 aromatic carbocycles. The molecule has 0 radical (unpaired) electrons. The van der Waals surface area contributed by atoms with Crippen LogP contribution in [0.5, 0.6) is 0 Å². The molecule has 0 atom stereocenters. The van der Waals surface area contributed by atoms with Gasteiger partial charge in [0.05, 0.1) is 20.0 Å². The summed E-state index contributed by atoms with van der Waals surface area (Å²) in [6.07, 6.45) is 6.24. The van der Waals surface area contributed by atoms with Crippen molar-refractivity contribution in [3.8, 4) is 0 Å². The van der Waals surface area contributed by atoms with Crippen LogP contribution in [0.1, 0.15) is 57.8 Å². The summed E-state index contributed by atoms with van der Waals surface area (Å²) in [5, 5.41) is 0. The fraction of sp³-hybridized carbons (Fsp3) is 1.00. The van der Waals surface area contributed by atoms with Gasteiger partial charge in [0, 0.05) is 19.8 Å². The fourth-order valence-corrected chi connectivity index (χ4v) is 1.80. The van der Waals surface area contributed by atoms with Crippen LogP contribution in [0.15, 0.2) is 0 Å². The molecule has 0 aromatic rings. The monoisotopic (exact) mass is 326 g/mol. The predicted molar refractivity (Wildman–Crippen MR) is 83.1 cm³/mol. The van der Waals surface area contributed by atoms with Crippen molar-refractivity contribution in [1.29, 1.82) is 0 Å². The normalized spacial score (nSPS) is 11.0. The van der Waals surface area contributed by atoms with Crippen LogP contribution in [-0.4, -0.2) is 47.2 Å². The number of unbranched alkanes of at least 4 members (excludes halogenated alkanes) is 6. The van der Waals surface area contributed by atoms with Crippen LogP contribution in [0.2, 0.25) is 0 Å². The van der Waals surface area contributed by atoms with Gasteiger partial charge >= 0.3 is 7.32 Å². The SMILES string of the molecule is FCCCCCOB(OCCCCCF)OCCCCCF. The van der Waals surface area contributed by atoms with Gasteiger partial charge in [-0.05, 0) is 57.8 Å². The van der Waals surface area contributed by atoms with E-state index in [-0.39, 0.29) is 20.0 Å². The third-order valence-electron chi connectivity index (χ3n) is 3.10. The van der Waals surface area contributed by atoms with Crippen LogP contribution < -0.4 is 0 Å². The van der Waals surface area contributed by atoms with Gasteiger partial charge in [0.15, 0.2) is 0 Å². The third kappa shape index (κ3) is 16.1. The Morgan fingerprint density at radius 2 is 0.773 bits per heavy atom. The molecule has 0 fully saturated rings. The summed E-state index contributed by atoms with van der Waals surface area (Å²) in [5.41, 5.74) is 0. The van der Waals surface area contributed by atoms with Crippen LogP contribution in [0.25, 0.3) is 0 Å². The molecular formula is C15H30BF3O3. The quantitative estimate of drug-likeness (QED) is 0.275. The highest BCUT2D eigenvalue weighted by molar-refractivity contribution is 6.36. The molecule has 7 heteroatoms. The van der Waals surface area contributed by atoms with E-state index >= 15 is 0 Å². The Morgan fingerprint density at radius 1 is 0.455 bits per heavy atom. The standard InChI is InChI=1S/C15H30BF3O3/c17-10-4-1-7-13-20-16(21-14-8-2-5-11-18)22-15-9-3-6-12-19/h1-15H2. The van der Waals surface area contributed by atoms with E-state index in [1.165, 1.54) is 0 Å². The van der Waals surface area contributed by atoms with E-state index in [0.29, 0.717) is 39.1 Å². The Labute approximate surface area is 133 Å². The number of hydrogen-bond acceptors (Lipinski definition) is 3. The Balaban J connectivity index is 3.72. The Hall–Kier alpha value is -0.265. The van der Waals surface area contributed by atoms with Crippen LogP contribution in [-0.2, 0) is 14.0 Å². The highest BCUT2D eigenvalue weighted by Crippen LogP contribution is 2.04. The summed E-state index contributed by atoms with van der Waals surface area (Å²) in [7, 11) is -0.735. The zero-order valence-corrected chi connectivity index (χ0v) is 13.5. The van der Waals surface area contributed by atoms with Crippen molar-refractivity contribution in [1.82, 2.24) is 0 Å². The van der Waals surface area contributed by atoms with Crippen molar-refractivity contribution in [2.45, 2.75) is 57.8 Å². The van der Waals surface area contributed by atoms with Gasteiger partial charge in [-0.2, -0.15) is 0 Å². The minimum absolute atomic E-state index is 0.306. The number of alkyl halides is 3. The van der Waals surface area contributed by atoms with Crippen molar-refractivity contribution in [3.63, 3.8) is 0 Å². The topological polar surface area (TPSA) is 27.7 Å². The third-order valence-corrected chi connectivity index (χ3v) is 3.10. The lowest BCUT2D eigenvalue weighted by atomic mass is 10.2. The van der Waals surface area contributed by atoms with Crippen molar-refractivity contribution in [3.05, 3.63) is 0 Å². The van der Waals surface area contributed by atoms with Crippen LogP contribution in [0.3, 0.4) is 0 Å². The lowest BCUT2D eigenvalue weighted by Gasteiger charge is -2.14. The van der Waals surface area contributed by atoms with E-state index in [9.17, 15) is 13.2 Å². The summed E-state index contributed by atoms with van der Waals surface area (Å²) < 4.78 is 52.4. The van der Waals surface area contributed by atoms with Crippen LogP contribution in [0.4, 0.5) is 13.2 Å². The van der Waals surface area contributed by atoms with Gasteiger partial charge in [0.1, 0.15) is 0 Å². The Kier molecular flexibility index (Phi) is 18.6. The maximum Gasteiger partial charge on any atom is 0.639 e. The number of hydrogen-bond donors (Lipinski definition) is 0. The molecule has 0 N–H and O–H groups in total. The molecule has 0 heterocycles. The lowest BCUT2D eigenvalue weighted by molar-refractivity contribution is 0.0883. The largest absolute Gasteiger partial charge is 0.639 e. The lowest BCUT2D eigenvalue weighted by Crippen LogP contribution is -2.28. The van der Waals surface area contributed by atoms with Gasteiger partial charge in [0.2, 0.25) is 0 Å². The van der Waals surface area contributed by atoms with Crippen molar-refractivity contribution in [2.24, 2.45) is 0 Å². The molecule has 0 aromatic heterocycles. The first-order valence-electron chi connectivity index (χ1n) is 8.37. The van der Waals surface area contributed by atoms with E-state index in [1.54, 1.807) is 0 Å². The minimum atomic E-state index is -0.735. The molecule has 0 bridgehead atoms. The van der Waals surface area contributed by atoms with Gasteiger partial charge in [-0.3, -0.25) is 13.2 Å². The molecule has 0 spiro atoms. The highest BCUT2D eigenvalue weighted by atomic mass is 19.1. The second kappa shape index (κ2) is 18.8. The van der Waals surface area contributed by atoms with E-state index in [1.807, 2.05) is 0 Å². The van der Waals surface area contributed by atoms with Crippen LogP contribution in [0, 0.1) is 0 Å². The van der Waals surface area contributed by atoms with E-state index in [4.69, 9.17) is 14.0 Å². The molecule has 0 unspecified atom stereocenters. The maximum absolute atomic E-state index is 12.0. The van der Waals surface area contributed by atoms with Gasteiger partial charge < -0.3 is 14.0 Å². The zero-order chi connectivity index (χ0) is 16.3. The Bertz CT molecular complexity index is 181. The summed E-state index contributed by atoms with van der Waals surface area (Å²) >= 11 is 0. The average molecular weight is 326 g/mol. The van der Waals surface area contributed by atoms with Crippen molar-refractivity contribution < 1.29 is 27.1 Å². The maximum atomic E-state index is 12.0. The van der Waals surface area contributed by atoms with Gasteiger partial charge in [-0.25, -0.2) is 0 Å². The molecule has 0 aliphatic heterocycles. The molecule has 0 saturated carbocycles. The first kappa shape index (κ1) is 21.7. The van der Waals surface area contributed by atoms with E-state index in [2.05, 4.69) is 0 Å². The van der Waals surface area contributed by atoms with Crippen molar-refractivity contribution in [2.75, 3.05) is 39.8 Å². The molecule has 132 valence electrons. The molecule has 0 aliphatic carbocycles. The Morgan fingerprint density at radius 3 is 1.05 bits per heavy atom. The van der Waals surface area contributed by atoms with Gasteiger partial charge in [0.25, 0.3) is 0 Å². The molecule has 0 saturated heterocycles. The molecule has 0 aliphatic rings. The summed E-state index contributed by atoms with van der Waals surface area (Å²) in [5.74, 6) is 0. The molecule has 0 amide bonds. The second-order valence-electron chi connectivity index (χ2n) is 5.15. The van der Waals surface area contributed by atoms with Crippen LogP contribution >= 0.6 is 0 Å². The van der Waals surface area contributed by atoms with E-state index < -0.39 is 7.32 Å². The van der Waals surface area contributed by atoms with E-state index in [0.717, 1.165) is 38.5 Å². The average Bonchev–Trinajstić information content (AvgIpc) is 2.53. The second-order valence-corrected chi connectivity index (χ2v) is 5.15. The zero-order valence-electron chi connectivity index (χ0n) is 13.5. The minimum Gasteiger partial charge on any atom is -0.386 e.